The van der Waals surface area contributed by atoms with Crippen molar-refractivity contribution in [3.63, 3.8) is 0 Å². The predicted molar refractivity (Wildman–Crippen MR) is 66.4 cm³/mol. The van der Waals surface area contributed by atoms with Gasteiger partial charge in [-0.1, -0.05) is 0 Å². The van der Waals surface area contributed by atoms with Crippen molar-refractivity contribution in [3.05, 3.63) is 17.7 Å². The highest BCUT2D eigenvalue weighted by Gasteiger charge is 2.24. The molecule has 2 rings (SSSR count). The van der Waals surface area contributed by atoms with Crippen molar-refractivity contribution >= 4 is 6.02 Å². The molecule has 1 aromatic carbocycles. The zero-order valence-electron chi connectivity index (χ0n) is 10.6. The molecule has 1 aliphatic heterocycles. The van der Waals surface area contributed by atoms with E-state index in [0.717, 1.165) is 5.56 Å². The maximum Gasteiger partial charge on any atom is 0.282 e. The van der Waals surface area contributed by atoms with Gasteiger partial charge in [-0.05, 0) is 6.07 Å². The first-order valence-corrected chi connectivity index (χ1v) is 5.45. The molecule has 1 unspecified atom stereocenters. The fraction of sp³-hybridized carbons (Fsp3) is 0.417. The summed E-state index contributed by atoms with van der Waals surface area (Å²) < 4.78 is 21.0. The van der Waals surface area contributed by atoms with E-state index < -0.39 is 0 Å². The number of hydrogen-bond acceptors (Lipinski definition) is 6. The number of hydrogen-bond donors (Lipinski definition) is 1. The van der Waals surface area contributed by atoms with Gasteiger partial charge < -0.3 is 24.7 Å². The van der Waals surface area contributed by atoms with Crippen LogP contribution in [0.15, 0.2) is 17.1 Å². The largest absolute Gasteiger partial charge is 0.496 e. The minimum Gasteiger partial charge on any atom is -0.496 e. The van der Waals surface area contributed by atoms with E-state index >= 15 is 0 Å². The Morgan fingerprint density at radius 1 is 1.11 bits per heavy atom. The van der Waals surface area contributed by atoms with Crippen molar-refractivity contribution in [2.75, 3.05) is 27.9 Å². The van der Waals surface area contributed by atoms with Gasteiger partial charge in [0, 0.05) is 11.6 Å². The monoisotopic (exact) mass is 252 g/mol. The molecule has 1 atom stereocenters. The van der Waals surface area contributed by atoms with Gasteiger partial charge in [0.25, 0.3) is 6.02 Å². The maximum absolute atomic E-state index is 5.51. The molecule has 1 aliphatic rings. The lowest BCUT2D eigenvalue weighted by Crippen LogP contribution is -2.10. The van der Waals surface area contributed by atoms with E-state index in [4.69, 9.17) is 24.7 Å². The molecule has 0 amide bonds. The van der Waals surface area contributed by atoms with Gasteiger partial charge in [-0.2, -0.15) is 0 Å². The number of amidine groups is 1. The van der Waals surface area contributed by atoms with E-state index in [1.54, 1.807) is 27.4 Å². The molecule has 18 heavy (non-hydrogen) atoms. The Bertz CT molecular complexity index is 473. The number of nitrogens with two attached hydrogens (primary N) is 1. The number of benzene rings is 1. The summed E-state index contributed by atoms with van der Waals surface area (Å²) in [6, 6.07) is 3.60. The maximum atomic E-state index is 5.51. The Morgan fingerprint density at radius 2 is 1.72 bits per heavy atom. The smallest absolute Gasteiger partial charge is 0.282 e. The van der Waals surface area contributed by atoms with E-state index in [1.165, 1.54) is 0 Å². The number of nitrogens with zero attached hydrogens (tertiary/aromatic N) is 1. The zero-order valence-corrected chi connectivity index (χ0v) is 10.6. The predicted octanol–water partition coefficient (Wildman–Crippen LogP) is 1.10. The third kappa shape index (κ3) is 2.13. The van der Waals surface area contributed by atoms with Crippen LogP contribution in [0, 0.1) is 0 Å². The molecule has 0 saturated carbocycles. The van der Waals surface area contributed by atoms with Crippen LogP contribution in [-0.2, 0) is 4.74 Å². The fourth-order valence-electron chi connectivity index (χ4n) is 1.87. The molecule has 0 fully saturated rings. The van der Waals surface area contributed by atoms with Crippen molar-refractivity contribution in [2.24, 2.45) is 10.7 Å². The van der Waals surface area contributed by atoms with Crippen LogP contribution in [-0.4, -0.2) is 34.0 Å². The minimum absolute atomic E-state index is 0.181. The quantitative estimate of drug-likeness (QED) is 0.868. The Balaban J connectivity index is 2.45. The average Bonchev–Trinajstić information content (AvgIpc) is 2.83. The Labute approximate surface area is 105 Å². The van der Waals surface area contributed by atoms with E-state index in [2.05, 4.69) is 4.99 Å². The molecule has 6 heteroatoms. The minimum atomic E-state index is -0.181. The Kier molecular flexibility index (Phi) is 3.45. The van der Waals surface area contributed by atoms with Gasteiger partial charge in [-0.3, -0.25) is 0 Å². The van der Waals surface area contributed by atoms with Gasteiger partial charge in [0.05, 0.1) is 21.3 Å². The summed E-state index contributed by atoms with van der Waals surface area (Å²) in [6.45, 7) is 0.400. The first kappa shape index (κ1) is 12.3. The zero-order chi connectivity index (χ0) is 13.1. The molecule has 98 valence electrons. The van der Waals surface area contributed by atoms with Crippen molar-refractivity contribution in [2.45, 2.75) is 6.04 Å². The second-order valence-electron chi connectivity index (χ2n) is 3.74. The molecule has 0 radical (unpaired) electrons. The van der Waals surface area contributed by atoms with Gasteiger partial charge >= 0.3 is 0 Å². The molecular weight excluding hydrogens is 236 g/mol. The SMILES string of the molecule is COc1cc(OC)c(C2COC(N)=N2)cc1OC. The average molecular weight is 252 g/mol. The van der Waals surface area contributed by atoms with Gasteiger partial charge in [0.1, 0.15) is 18.4 Å². The van der Waals surface area contributed by atoms with Crippen LogP contribution in [0.3, 0.4) is 0 Å². The molecule has 0 saturated heterocycles. The van der Waals surface area contributed by atoms with Gasteiger partial charge in [0.15, 0.2) is 11.5 Å². The topological polar surface area (TPSA) is 75.3 Å². The number of aliphatic imine (C=N–C) groups is 1. The number of ether oxygens (including phenoxy) is 4. The number of rotatable bonds is 4. The molecule has 1 aromatic rings. The Morgan fingerprint density at radius 3 is 2.22 bits per heavy atom. The highest BCUT2D eigenvalue weighted by atomic mass is 16.5. The summed E-state index contributed by atoms with van der Waals surface area (Å²) in [5.74, 6) is 1.89. The molecule has 0 aliphatic carbocycles. The lowest BCUT2D eigenvalue weighted by molar-refractivity contribution is 0.308. The number of methoxy groups -OCH3 is 3. The molecule has 2 N–H and O–H groups in total. The second kappa shape index (κ2) is 5.03. The summed E-state index contributed by atoms with van der Waals surface area (Å²) in [5.41, 5.74) is 6.37. The van der Waals surface area contributed by atoms with Crippen LogP contribution in [0.1, 0.15) is 11.6 Å². The van der Waals surface area contributed by atoms with Crippen molar-refractivity contribution in [3.8, 4) is 17.2 Å². The normalized spacial score (nSPS) is 17.9. The molecule has 0 aromatic heterocycles. The highest BCUT2D eigenvalue weighted by Crippen LogP contribution is 2.39. The molecule has 0 bridgehead atoms. The van der Waals surface area contributed by atoms with E-state index in [1.807, 2.05) is 6.07 Å². The van der Waals surface area contributed by atoms with Crippen LogP contribution in [0.4, 0.5) is 0 Å². The molecule has 1 heterocycles. The van der Waals surface area contributed by atoms with Crippen LogP contribution in [0.2, 0.25) is 0 Å². The van der Waals surface area contributed by atoms with E-state index in [-0.39, 0.29) is 12.1 Å². The summed E-state index contributed by atoms with van der Waals surface area (Å²) in [7, 11) is 4.75. The van der Waals surface area contributed by atoms with Gasteiger partial charge in [-0.25, -0.2) is 4.99 Å². The van der Waals surface area contributed by atoms with Crippen LogP contribution in [0.5, 0.6) is 17.2 Å². The summed E-state index contributed by atoms with van der Waals surface area (Å²) in [4.78, 5) is 4.19. The third-order valence-corrected chi connectivity index (χ3v) is 2.77. The van der Waals surface area contributed by atoms with Crippen molar-refractivity contribution in [1.82, 2.24) is 0 Å². The van der Waals surface area contributed by atoms with E-state index in [9.17, 15) is 0 Å². The van der Waals surface area contributed by atoms with Crippen LogP contribution in [0.25, 0.3) is 0 Å². The fourth-order valence-corrected chi connectivity index (χ4v) is 1.87. The first-order valence-electron chi connectivity index (χ1n) is 5.45. The lowest BCUT2D eigenvalue weighted by atomic mass is 10.1. The summed E-state index contributed by atoms with van der Waals surface area (Å²) in [6.07, 6.45) is 0. The van der Waals surface area contributed by atoms with E-state index in [0.29, 0.717) is 23.9 Å². The lowest BCUT2D eigenvalue weighted by Gasteiger charge is -2.15. The standard InChI is InChI=1S/C12H16N2O4/c1-15-9-5-11(17-3)10(16-2)4-7(9)8-6-18-12(13)14-8/h4-5,8H,6H2,1-3H3,(H2,13,14). The summed E-state index contributed by atoms with van der Waals surface area (Å²) >= 11 is 0. The Hall–Kier alpha value is -2.11. The van der Waals surface area contributed by atoms with Gasteiger partial charge in [-0.15, -0.1) is 0 Å². The molecular formula is C12H16N2O4. The molecule has 0 spiro atoms. The summed E-state index contributed by atoms with van der Waals surface area (Å²) in [5, 5.41) is 0. The van der Waals surface area contributed by atoms with Crippen molar-refractivity contribution in [1.29, 1.82) is 0 Å². The van der Waals surface area contributed by atoms with Gasteiger partial charge in [0.2, 0.25) is 0 Å². The van der Waals surface area contributed by atoms with Crippen LogP contribution < -0.4 is 19.9 Å². The first-order chi connectivity index (χ1) is 8.69. The second-order valence-corrected chi connectivity index (χ2v) is 3.74. The molecule has 6 nitrogen and oxygen atoms in total. The van der Waals surface area contributed by atoms with Crippen molar-refractivity contribution < 1.29 is 18.9 Å². The highest BCUT2D eigenvalue weighted by molar-refractivity contribution is 5.73. The van der Waals surface area contributed by atoms with Crippen LogP contribution >= 0.6 is 0 Å². The third-order valence-electron chi connectivity index (χ3n) is 2.77.